The Balaban J connectivity index is 1.89. The SMILES string of the molecule is CN1C(=O)c2c(O)c(=O)c(C(=O)NCc3ccc(F)cc3)cn2CC1O. The fourth-order valence-electron chi connectivity index (χ4n) is 2.66. The van der Waals surface area contributed by atoms with Crippen molar-refractivity contribution in [2.45, 2.75) is 19.3 Å². The molecular formula is C17H16FN3O5. The highest BCUT2D eigenvalue weighted by Gasteiger charge is 2.33. The largest absolute Gasteiger partial charge is 0.503 e. The minimum absolute atomic E-state index is 0.0470. The summed E-state index contributed by atoms with van der Waals surface area (Å²) < 4.78 is 14.1. The molecule has 0 bridgehead atoms. The first-order chi connectivity index (χ1) is 12.3. The molecule has 0 radical (unpaired) electrons. The van der Waals surface area contributed by atoms with Crippen molar-refractivity contribution in [1.82, 2.24) is 14.8 Å². The van der Waals surface area contributed by atoms with Crippen molar-refractivity contribution < 1.29 is 24.2 Å². The summed E-state index contributed by atoms with van der Waals surface area (Å²) in [6.07, 6.45) is -0.0158. The van der Waals surface area contributed by atoms with Crippen molar-refractivity contribution in [3.8, 4) is 5.75 Å². The number of hydrogen-bond acceptors (Lipinski definition) is 5. The van der Waals surface area contributed by atoms with E-state index in [1.54, 1.807) is 0 Å². The summed E-state index contributed by atoms with van der Waals surface area (Å²) >= 11 is 0. The number of likely N-dealkylation sites (N-methyl/N-ethyl adjacent to an activating group) is 1. The molecule has 0 saturated carbocycles. The van der Waals surface area contributed by atoms with Crippen LogP contribution in [0.3, 0.4) is 0 Å². The third-order valence-electron chi connectivity index (χ3n) is 4.20. The Hall–Kier alpha value is -3.20. The van der Waals surface area contributed by atoms with E-state index in [1.807, 2.05) is 0 Å². The molecule has 8 nitrogen and oxygen atoms in total. The molecule has 0 fully saturated rings. The van der Waals surface area contributed by atoms with Crippen molar-refractivity contribution in [2.75, 3.05) is 7.05 Å². The summed E-state index contributed by atoms with van der Waals surface area (Å²) in [7, 11) is 1.34. The van der Waals surface area contributed by atoms with Gasteiger partial charge in [-0.3, -0.25) is 14.4 Å². The third-order valence-corrected chi connectivity index (χ3v) is 4.20. The third kappa shape index (κ3) is 3.04. The fraction of sp³-hybridized carbons (Fsp3) is 0.235. The smallest absolute Gasteiger partial charge is 0.276 e. The van der Waals surface area contributed by atoms with Crippen LogP contribution in [0.1, 0.15) is 26.4 Å². The quantitative estimate of drug-likeness (QED) is 0.714. The van der Waals surface area contributed by atoms with E-state index in [4.69, 9.17) is 0 Å². The number of aliphatic hydroxyl groups is 1. The number of aliphatic hydroxyl groups excluding tert-OH is 1. The number of amides is 2. The standard InChI is InChI=1S/C17H16FN3O5/c1-20-12(22)8-21-7-11(14(23)15(24)13(21)17(20)26)16(25)19-6-9-2-4-10(18)5-3-9/h2-5,7,12,22,24H,6,8H2,1H3,(H,19,25). The summed E-state index contributed by atoms with van der Waals surface area (Å²) in [5.74, 6) is -2.74. The first kappa shape index (κ1) is 17.6. The zero-order valence-electron chi connectivity index (χ0n) is 13.8. The van der Waals surface area contributed by atoms with Gasteiger partial charge < -0.3 is 25.0 Å². The highest BCUT2D eigenvalue weighted by atomic mass is 19.1. The number of pyridine rings is 1. The molecule has 1 aliphatic heterocycles. The molecule has 1 aromatic heterocycles. The van der Waals surface area contributed by atoms with Gasteiger partial charge in [-0.05, 0) is 17.7 Å². The second-order valence-electron chi connectivity index (χ2n) is 5.93. The van der Waals surface area contributed by atoms with Gasteiger partial charge in [-0.1, -0.05) is 12.1 Å². The summed E-state index contributed by atoms with van der Waals surface area (Å²) in [6, 6.07) is 5.45. The van der Waals surface area contributed by atoms with Gasteiger partial charge in [-0.2, -0.15) is 0 Å². The van der Waals surface area contributed by atoms with Crippen molar-refractivity contribution >= 4 is 11.8 Å². The molecule has 2 heterocycles. The maximum absolute atomic E-state index is 12.9. The maximum atomic E-state index is 12.9. The van der Waals surface area contributed by atoms with Gasteiger partial charge in [0.05, 0.1) is 6.54 Å². The monoisotopic (exact) mass is 361 g/mol. The minimum atomic E-state index is -1.15. The van der Waals surface area contributed by atoms with Crippen LogP contribution in [0.2, 0.25) is 0 Å². The van der Waals surface area contributed by atoms with Crippen LogP contribution in [0.25, 0.3) is 0 Å². The van der Waals surface area contributed by atoms with Crippen LogP contribution in [0.15, 0.2) is 35.3 Å². The number of carbonyl (C=O) groups excluding carboxylic acids is 2. The Kier molecular flexibility index (Phi) is 4.47. The molecule has 9 heteroatoms. The normalized spacial score (nSPS) is 16.3. The molecule has 1 aromatic carbocycles. The van der Waals surface area contributed by atoms with Crippen molar-refractivity contribution in [1.29, 1.82) is 0 Å². The topological polar surface area (TPSA) is 112 Å². The molecular weight excluding hydrogens is 345 g/mol. The Morgan fingerprint density at radius 3 is 2.62 bits per heavy atom. The maximum Gasteiger partial charge on any atom is 0.276 e. The molecule has 2 amide bonds. The lowest BCUT2D eigenvalue weighted by molar-refractivity contribution is -0.000226. The second-order valence-corrected chi connectivity index (χ2v) is 5.93. The lowest BCUT2D eigenvalue weighted by Crippen LogP contribution is -2.47. The predicted octanol–water partition coefficient (Wildman–Crippen LogP) is 0.0270. The number of nitrogens with zero attached hydrogens (tertiary/aromatic N) is 2. The van der Waals surface area contributed by atoms with E-state index in [0.29, 0.717) is 5.56 Å². The van der Waals surface area contributed by atoms with Gasteiger partial charge in [0.2, 0.25) is 5.43 Å². The molecule has 3 rings (SSSR count). The van der Waals surface area contributed by atoms with E-state index in [-0.39, 0.29) is 24.3 Å². The number of halogens is 1. The van der Waals surface area contributed by atoms with E-state index in [1.165, 1.54) is 35.9 Å². The van der Waals surface area contributed by atoms with Gasteiger partial charge in [-0.25, -0.2) is 4.39 Å². The Morgan fingerprint density at radius 1 is 1.31 bits per heavy atom. The molecule has 0 spiro atoms. The molecule has 1 unspecified atom stereocenters. The van der Waals surface area contributed by atoms with Crippen molar-refractivity contribution in [3.05, 3.63) is 63.3 Å². The average molecular weight is 361 g/mol. The number of aromatic hydroxyl groups is 1. The molecule has 3 N–H and O–H groups in total. The van der Waals surface area contributed by atoms with Gasteiger partial charge in [0, 0.05) is 19.8 Å². The van der Waals surface area contributed by atoms with Gasteiger partial charge in [-0.15, -0.1) is 0 Å². The molecule has 0 aliphatic carbocycles. The Labute approximate surface area is 147 Å². The molecule has 2 aromatic rings. The molecule has 26 heavy (non-hydrogen) atoms. The van der Waals surface area contributed by atoms with Crippen LogP contribution >= 0.6 is 0 Å². The van der Waals surface area contributed by atoms with Gasteiger partial charge in [0.15, 0.2) is 11.4 Å². The second kappa shape index (κ2) is 6.60. The molecule has 1 atom stereocenters. The summed E-state index contributed by atoms with van der Waals surface area (Å²) in [5.41, 5.74) is -1.00. The van der Waals surface area contributed by atoms with E-state index in [0.717, 1.165) is 11.1 Å². The number of rotatable bonds is 3. The lowest BCUT2D eigenvalue weighted by atomic mass is 10.1. The first-order valence-corrected chi connectivity index (χ1v) is 7.74. The zero-order chi connectivity index (χ0) is 19.0. The number of fused-ring (bicyclic) bond motifs is 1. The first-order valence-electron chi connectivity index (χ1n) is 7.74. The van der Waals surface area contributed by atoms with Crippen LogP contribution in [-0.2, 0) is 13.1 Å². The zero-order valence-corrected chi connectivity index (χ0v) is 13.8. The summed E-state index contributed by atoms with van der Waals surface area (Å²) in [6.45, 7) is -0.0466. The fourth-order valence-corrected chi connectivity index (χ4v) is 2.66. The Morgan fingerprint density at radius 2 is 1.96 bits per heavy atom. The van der Waals surface area contributed by atoms with Crippen LogP contribution in [-0.4, -0.2) is 44.8 Å². The number of carbonyl (C=O) groups is 2. The highest BCUT2D eigenvalue weighted by Crippen LogP contribution is 2.21. The van der Waals surface area contributed by atoms with Gasteiger partial charge in [0.1, 0.15) is 17.6 Å². The molecule has 136 valence electrons. The number of nitrogens with one attached hydrogen (secondary N) is 1. The van der Waals surface area contributed by atoms with Gasteiger partial charge >= 0.3 is 0 Å². The van der Waals surface area contributed by atoms with Crippen molar-refractivity contribution in [3.63, 3.8) is 0 Å². The van der Waals surface area contributed by atoms with Crippen LogP contribution in [0.4, 0.5) is 4.39 Å². The minimum Gasteiger partial charge on any atom is -0.503 e. The predicted molar refractivity (Wildman–Crippen MR) is 88.0 cm³/mol. The highest BCUT2D eigenvalue weighted by molar-refractivity contribution is 5.99. The van der Waals surface area contributed by atoms with E-state index >= 15 is 0 Å². The van der Waals surface area contributed by atoms with Crippen LogP contribution in [0.5, 0.6) is 5.75 Å². The number of hydrogen-bond donors (Lipinski definition) is 3. The molecule has 1 aliphatic rings. The van der Waals surface area contributed by atoms with Gasteiger partial charge in [0.25, 0.3) is 11.8 Å². The van der Waals surface area contributed by atoms with Crippen LogP contribution < -0.4 is 10.7 Å². The summed E-state index contributed by atoms with van der Waals surface area (Å²) in [5, 5.41) is 22.4. The Bertz CT molecular complexity index is 939. The number of aromatic nitrogens is 1. The van der Waals surface area contributed by atoms with E-state index in [9.17, 15) is 29.0 Å². The van der Waals surface area contributed by atoms with Crippen LogP contribution in [0, 0.1) is 5.82 Å². The summed E-state index contributed by atoms with van der Waals surface area (Å²) in [4.78, 5) is 37.7. The average Bonchev–Trinajstić information content (AvgIpc) is 2.61. The number of benzene rings is 1. The lowest BCUT2D eigenvalue weighted by Gasteiger charge is -2.31. The van der Waals surface area contributed by atoms with E-state index in [2.05, 4.69) is 5.32 Å². The van der Waals surface area contributed by atoms with E-state index < -0.39 is 35.0 Å². The van der Waals surface area contributed by atoms with Crippen molar-refractivity contribution in [2.24, 2.45) is 0 Å². The molecule has 0 saturated heterocycles.